The van der Waals surface area contributed by atoms with Gasteiger partial charge in [-0.15, -0.1) is 11.3 Å². The molecule has 0 N–H and O–H groups in total. The summed E-state index contributed by atoms with van der Waals surface area (Å²) in [5.41, 5.74) is 1.42. The Labute approximate surface area is 225 Å². The standard InChI is InChI=1S/C29H31FN2O5S/c1-35-22-4-2-5-23(16-22)37-19-26-25-12-15-38-27(25)11-13-32(26)28(33)18-31(17-24-6-3-14-36-24)29(34)20-7-9-21(30)10-8-20/h2,4-5,7-10,12,15-16,24,26H,3,6,11,13-14,17-19H2,1H3/t24-,26+/m0/s1. The summed E-state index contributed by atoms with van der Waals surface area (Å²) in [7, 11) is 1.61. The van der Waals surface area contributed by atoms with Gasteiger partial charge in [-0.2, -0.15) is 0 Å². The van der Waals surface area contributed by atoms with Gasteiger partial charge in [0.05, 0.1) is 19.3 Å². The number of carbonyl (C=O) groups is 2. The molecule has 3 heterocycles. The maximum Gasteiger partial charge on any atom is 0.254 e. The molecule has 2 atom stereocenters. The molecule has 38 heavy (non-hydrogen) atoms. The molecule has 2 amide bonds. The Balaban J connectivity index is 1.35. The van der Waals surface area contributed by atoms with E-state index in [1.54, 1.807) is 18.4 Å². The lowest BCUT2D eigenvalue weighted by molar-refractivity contribution is -0.135. The Morgan fingerprint density at radius 1 is 1.16 bits per heavy atom. The zero-order valence-corrected chi connectivity index (χ0v) is 22.1. The van der Waals surface area contributed by atoms with Crippen LogP contribution in [0, 0.1) is 5.82 Å². The van der Waals surface area contributed by atoms with Gasteiger partial charge in [0.1, 0.15) is 30.5 Å². The van der Waals surface area contributed by atoms with Crippen LogP contribution in [-0.4, -0.2) is 67.7 Å². The Bertz CT molecular complexity index is 1260. The molecule has 0 bridgehead atoms. The topological polar surface area (TPSA) is 68.3 Å². The molecular weight excluding hydrogens is 507 g/mol. The molecule has 0 spiro atoms. The molecule has 7 nitrogen and oxygen atoms in total. The van der Waals surface area contributed by atoms with Gasteiger partial charge in [-0.25, -0.2) is 4.39 Å². The number of carbonyl (C=O) groups excluding carboxylic acids is 2. The molecule has 0 radical (unpaired) electrons. The molecule has 0 aliphatic carbocycles. The van der Waals surface area contributed by atoms with E-state index in [1.807, 2.05) is 40.6 Å². The maximum atomic E-state index is 13.8. The van der Waals surface area contributed by atoms with Crippen molar-refractivity contribution in [2.24, 2.45) is 0 Å². The molecule has 1 saturated heterocycles. The Kier molecular flexibility index (Phi) is 8.24. The van der Waals surface area contributed by atoms with Gasteiger partial charge in [-0.3, -0.25) is 9.59 Å². The fraction of sp³-hybridized carbons (Fsp3) is 0.379. The average molecular weight is 539 g/mol. The van der Waals surface area contributed by atoms with E-state index in [4.69, 9.17) is 14.2 Å². The summed E-state index contributed by atoms with van der Waals surface area (Å²) in [5, 5.41) is 2.04. The Hall–Kier alpha value is -3.43. The molecule has 3 aromatic rings. The van der Waals surface area contributed by atoms with Crippen LogP contribution in [0.1, 0.15) is 39.7 Å². The molecule has 0 unspecified atom stereocenters. The number of amides is 2. The monoisotopic (exact) mass is 538 g/mol. The predicted octanol–water partition coefficient (Wildman–Crippen LogP) is 4.72. The van der Waals surface area contributed by atoms with Crippen LogP contribution in [0.4, 0.5) is 4.39 Å². The van der Waals surface area contributed by atoms with E-state index < -0.39 is 5.82 Å². The van der Waals surface area contributed by atoms with Crippen molar-refractivity contribution in [3.8, 4) is 11.5 Å². The second kappa shape index (κ2) is 12.0. The van der Waals surface area contributed by atoms with Gasteiger partial charge in [0.15, 0.2) is 0 Å². The average Bonchev–Trinajstić information content (AvgIpc) is 3.64. The summed E-state index contributed by atoms with van der Waals surface area (Å²) in [6, 6.07) is 14.6. The van der Waals surface area contributed by atoms with E-state index in [0.717, 1.165) is 24.8 Å². The first-order valence-corrected chi connectivity index (χ1v) is 13.7. The maximum absolute atomic E-state index is 13.8. The van der Waals surface area contributed by atoms with Crippen molar-refractivity contribution in [2.45, 2.75) is 31.4 Å². The van der Waals surface area contributed by atoms with E-state index in [1.165, 1.54) is 34.0 Å². The van der Waals surface area contributed by atoms with Gasteiger partial charge in [0, 0.05) is 36.2 Å². The van der Waals surface area contributed by atoms with Crippen molar-refractivity contribution in [3.63, 3.8) is 0 Å². The van der Waals surface area contributed by atoms with Crippen LogP contribution in [0.3, 0.4) is 0 Å². The fourth-order valence-corrected chi connectivity index (χ4v) is 5.95. The summed E-state index contributed by atoms with van der Waals surface area (Å²) in [4.78, 5) is 31.8. The molecule has 0 saturated carbocycles. The van der Waals surface area contributed by atoms with E-state index in [9.17, 15) is 14.0 Å². The first-order valence-electron chi connectivity index (χ1n) is 12.8. The minimum Gasteiger partial charge on any atom is -0.497 e. The third kappa shape index (κ3) is 6.00. The number of hydrogen-bond donors (Lipinski definition) is 0. The van der Waals surface area contributed by atoms with Crippen LogP contribution < -0.4 is 9.47 Å². The zero-order chi connectivity index (χ0) is 26.5. The first kappa shape index (κ1) is 26.2. The first-order chi connectivity index (χ1) is 18.5. The van der Waals surface area contributed by atoms with Crippen molar-refractivity contribution in [3.05, 3.63) is 81.8 Å². The van der Waals surface area contributed by atoms with Crippen molar-refractivity contribution in [1.82, 2.24) is 9.80 Å². The summed E-state index contributed by atoms with van der Waals surface area (Å²) in [5.74, 6) is 0.466. The molecule has 1 fully saturated rings. The zero-order valence-electron chi connectivity index (χ0n) is 21.3. The molecule has 9 heteroatoms. The largest absolute Gasteiger partial charge is 0.497 e. The highest BCUT2D eigenvalue weighted by atomic mass is 32.1. The SMILES string of the molecule is COc1cccc(OC[C@@H]2c3ccsc3CCN2C(=O)CN(C[C@@H]2CCCO2)C(=O)c2ccc(F)cc2)c1. The van der Waals surface area contributed by atoms with Crippen LogP contribution in [0.25, 0.3) is 0 Å². The molecule has 5 rings (SSSR count). The van der Waals surface area contributed by atoms with E-state index >= 15 is 0 Å². The van der Waals surface area contributed by atoms with Crippen LogP contribution in [0.2, 0.25) is 0 Å². The third-order valence-corrected chi connectivity index (χ3v) is 8.01. The number of fused-ring (bicyclic) bond motifs is 1. The molecule has 2 aromatic carbocycles. The fourth-order valence-electron chi connectivity index (χ4n) is 5.02. The van der Waals surface area contributed by atoms with Gasteiger partial charge in [0.25, 0.3) is 5.91 Å². The lowest BCUT2D eigenvalue weighted by Crippen LogP contribution is -2.49. The number of rotatable bonds is 9. The number of nitrogens with zero attached hydrogens (tertiary/aromatic N) is 2. The van der Waals surface area contributed by atoms with Crippen LogP contribution in [-0.2, 0) is 16.0 Å². The summed E-state index contributed by atoms with van der Waals surface area (Å²) in [6.07, 6.45) is 2.39. The van der Waals surface area contributed by atoms with Crippen molar-refractivity contribution in [1.29, 1.82) is 0 Å². The molecule has 2 aliphatic heterocycles. The Morgan fingerprint density at radius 2 is 1.97 bits per heavy atom. The highest BCUT2D eigenvalue weighted by Crippen LogP contribution is 2.34. The quantitative estimate of drug-likeness (QED) is 0.394. The number of ether oxygens (including phenoxy) is 3. The van der Waals surface area contributed by atoms with E-state index in [2.05, 4.69) is 0 Å². The number of halogens is 1. The van der Waals surface area contributed by atoms with Gasteiger partial charge >= 0.3 is 0 Å². The summed E-state index contributed by atoms with van der Waals surface area (Å²) < 4.78 is 30.7. The van der Waals surface area contributed by atoms with Gasteiger partial charge in [-0.05, 0) is 72.7 Å². The van der Waals surface area contributed by atoms with Gasteiger partial charge in [-0.1, -0.05) is 6.07 Å². The van der Waals surface area contributed by atoms with E-state index in [0.29, 0.717) is 36.8 Å². The highest BCUT2D eigenvalue weighted by molar-refractivity contribution is 7.10. The summed E-state index contributed by atoms with van der Waals surface area (Å²) in [6.45, 7) is 1.68. The molecule has 1 aromatic heterocycles. The smallest absolute Gasteiger partial charge is 0.254 e. The van der Waals surface area contributed by atoms with Crippen molar-refractivity contribution < 1.29 is 28.2 Å². The number of methoxy groups -OCH3 is 1. The molecule has 200 valence electrons. The third-order valence-electron chi connectivity index (χ3n) is 7.02. The van der Waals surface area contributed by atoms with Gasteiger partial charge in [0.2, 0.25) is 5.91 Å². The lowest BCUT2D eigenvalue weighted by Gasteiger charge is -2.37. The Morgan fingerprint density at radius 3 is 2.74 bits per heavy atom. The number of benzene rings is 2. The van der Waals surface area contributed by atoms with Crippen molar-refractivity contribution >= 4 is 23.2 Å². The normalized spacial score (nSPS) is 18.6. The highest BCUT2D eigenvalue weighted by Gasteiger charge is 2.34. The minimum absolute atomic E-state index is 0.0921. The predicted molar refractivity (Wildman–Crippen MR) is 142 cm³/mol. The van der Waals surface area contributed by atoms with Crippen LogP contribution in [0.15, 0.2) is 60.0 Å². The number of thiophene rings is 1. The summed E-state index contributed by atoms with van der Waals surface area (Å²) >= 11 is 1.68. The second-order valence-corrected chi connectivity index (χ2v) is 10.5. The second-order valence-electron chi connectivity index (χ2n) is 9.47. The van der Waals surface area contributed by atoms with Crippen LogP contribution in [0.5, 0.6) is 11.5 Å². The van der Waals surface area contributed by atoms with Crippen LogP contribution >= 0.6 is 11.3 Å². The minimum atomic E-state index is -0.415. The van der Waals surface area contributed by atoms with E-state index in [-0.39, 0.29) is 37.1 Å². The molecular formula is C29H31FN2O5S. The number of hydrogen-bond acceptors (Lipinski definition) is 6. The van der Waals surface area contributed by atoms with Crippen molar-refractivity contribution in [2.75, 3.05) is 40.0 Å². The molecule has 2 aliphatic rings. The van der Waals surface area contributed by atoms with Gasteiger partial charge < -0.3 is 24.0 Å². The lowest BCUT2D eigenvalue weighted by atomic mass is 10.00.